The Labute approximate surface area is 115 Å². The van der Waals surface area contributed by atoms with Crippen molar-refractivity contribution in [1.82, 2.24) is 4.90 Å². The van der Waals surface area contributed by atoms with Gasteiger partial charge in [0.15, 0.2) is 5.78 Å². The Hall–Kier alpha value is -0.0900. The van der Waals surface area contributed by atoms with Crippen LogP contribution in [0.25, 0.3) is 0 Å². The van der Waals surface area contributed by atoms with E-state index in [9.17, 15) is 4.79 Å². The smallest absolute Gasteiger partial charge is 0.179 e. The number of fused-ring (bicyclic) bond motifs is 2. The van der Waals surface area contributed by atoms with E-state index in [2.05, 4.69) is 4.90 Å². The number of rotatable bonds is 3. The van der Waals surface area contributed by atoms with Gasteiger partial charge in [0.25, 0.3) is 0 Å². The maximum absolute atomic E-state index is 12.1. The first-order chi connectivity index (χ1) is 8.13. The van der Waals surface area contributed by atoms with Crippen LogP contribution in [0.3, 0.4) is 0 Å². The van der Waals surface area contributed by atoms with Crippen molar-refractivity contribution in [3.8, 4) is 0 Å². The van der Waals surface area contributed by atoms with E-state index in [-0.39, 0.29) is 5.78 Å². The summed E-state index contributed by atoms with van der Waals surface area (Å²) >= 11 is 13.1. The summed E-state index contributed by atoms with van der Waals surface area (Å²) in [5.41, 5.74) is 0.587. The molecular formula is C12H13Cl2NOS. The van der Waals surface area contributed by atoms with Crippen molar-refractivity contribution in [2.75, 3.05) is 13.1 Å². The lowest BCUT2D eigenvalue weighted by Crippen LogP contribution is -2.36. The van der Waals surface area contributed by atoms with Crippen LogP contribution in [-0.4, -0.2) is 29.8 Å². The second-order valence-corrected chi connectivity index (χ2v) is 7.21. The van der Waals surface area contributed by atoms with Crippen LogP contribution in [0, 0.1) is 5.92 Å². The molecule has 2 fully saturated rings. The fraction of sp³-hybridized carbons (Fsp3) is 0.583. The van der Waals surface area contributed by atoms with Crippen molar-refractivity contribution >= 4 is 40.3 Å². The molecule has 1 aromatic rings. The summed E-state index contributed by atoms with van der Waals surface area (Å²) in [7, 11) is 0. The number of ketones is 1. The second-order valence-electron chi connectivity index (χ2n) is 4.92. The molecule has 2 bridgehead atoms. The number of piperidine rings is 1. The van der Waals surface area contributed by atoms with E-state index in [1.165, 1.54) is 30.6 Å². The number of likely N-dealkylation sites (tertiary alicyclic amines) is 1. The SMILES string of the molecule is O=C(CN1CC2CCC1C2)c1cc(Cl)sc1Cl. The Morgan fingerprint density at radius 2 is 2.29 bits per heavy atom. The molecule has 2 atom stereocenters. The van der Waals surface area contributed by atoms with Gasteiger partial charge in [-0.05, 0) is 31.2 Å². The topological polar surface area (TPSA) is 20.3 Å². The van der Waals surface area contributed by atoms with Gasteiger partial charge in [0.05, 0.1) is 16.4 Å². The summed E-state index contributed by atoms with van der Waals surface area (Å²) in [5.74, 6) is 0.917. The van der Waals surface area contributed by atoms with E-state index in [1.54, 1.807) is 6.07 Å². The maximum Gasteiger partial charge on any atom is 0.179 e. The first kappa shape index (κ1) is 12.0. The molecule has 3 rings (SSSR count). The number of Topliss-reactive ketones (excluding diaryl/α,β-unsaturated/α-hetero) is 1. The molecule has 0 amide bonds. The molecular weight excluding hydrogens is 277 g/mol. The normalized spacial score (nSPS) is 27.9. The third kappa shape index (κ3) is 2.26. The molecule has 5 heteroatoms. The summed E-state index contributed by atoms with van der Waals surface area (Å²) in [5, 5.41) is 0. The third-order valence-electron chi connectivity index (χ3n) is 3.83. The van der Waals surface area contributed by atoms with Gasteiger partial charge in [-0.25, -0.2) is 0 Å². The molecule has 0 N–H and O–H groups in total. The van der Waals surface area contributed by atoms with Gasteiger partial charge in [-0.15, -0.1) is 11.3 Å². The molecule has 92 valence electrons. The molecule has 0 aromatic carbocycles. The standard InChI is InChI=1S/C12H13Cl2NOS/c13-11-4-9(12(14)17-11)10(16)6-15-5-7-1-2-8(15)3-7/h4,7-8H,1-3,5-6H2. The zero-order valence-electron chi connectivity index (χ0n) is 9.29. The van der Waals surface area contributed by atoms with Crippen LogP contribution in [0.15, 0.2) is 6.07 Å². The number of hydrogen-bond acceptors (Lipinski definition) is 3. The number of nitrogens with zero attached hydrogens (tertiary/aromatic N) is 1. The number of hydrogen-bond donors (Lipinski definition) is 0. The van der Waals surface area contributed by atoms with Gasteiger partial charge in [0.1, 0.15) is 4.34 Å². The molecule has 2 heterocycles. The first-order valence-electron chi connectivity index (χ1n) is 5.85. The van der Waals surface area contributed by atoms with E-state index in [0.717, 1.165) is 12.5 Å². The van der Waals surface area contributed by atoms with Gasteiger partial charge in [-0.1, -0.05) is 23.2 Å². The molecule has 1 aliphatic heterocycles. The van der Waals surface area contributed by atoms with E-state index in [4.69, 9.17) is 23.2 Å². The van der Waals surface area contributed by atoms with Crippen LogP contribution >= 0.6 is 34.5 Å². The second kappa shape index (κ2) is 4.54. The average Bonchev–Trinajstić information content (AvgIpc) is 2.93. The summed E-state index contributed by atoms with van der Waals surface area (Å²) in [6.07, 6.45) is 3.85. The predicted octanol–water partition coefficient (Wildman–Crippen LogP) is 3.72. The highest BCUT2D eigenvalue weighted by atomic mass is 35.5. The van der Waals surface area contributed by atoms with Crippen molar-refractivity contribution in [1.29, 1.82) is 0 Å². The van der Waals surface area contributed by atoms with Crippen LogP contribution in [-0.2, 0) is 0 Å². The molecule has 1 saturated heterocycles. The van der Waals surface area contributed by atoms with Crippen LogP contribution in [0.1, 0.15) is 29.6 Å². The van der Waals surface area contributed by atoms with E-state index in [0.29, 0.717) is 26.8 Å². The summed E-state index contributed by atoms with van der Waals surface area (Å²) in [4.78, 5) is 14.4. The number of thiophene rings is 1. The lowest BCUT2D eigenvalue weighted by Gasteiger charge is -2.25. The highest BCUT2D eigenvalue weighted by Crippen LogP contribution is 2.38. The molecule has 1 aliphatic carbocycles. The lowest BCUT2D eigenvalue weighted by atomic mass is 10.1. The first-order valence-corrected chi connectivity index (χ1v) is 7.43. The van der Waals surface area contributed by atoms with E-state index >= 15 is 0 Å². The molecule has 2 nitrogen and oxygen atoms in total. The minimum Gasteiger partial charge on any atom is -0.293 e. The maximum atomic E-state index is 12.1. The van der Waals surface area contributed by atoms with Gasteiger partial charge in [-0.2, -0.15) is 0 Å². The van der Waals surface area contributed by atoms with Crippen LogP contribution in [0.2, 0.25) is 8.67 Å². The van der Waals surface area contributed by atoms with Crippen molar-refractivity contribution in [3.63, 3.8) is 0 Å². The molecule has 0 spiro atoms. The Morgan fingerprint density at radius 3 is 2.82 bits per heavy atom. The van der Waals surface area contributed by atoms with Gasteiger partial charge in [0, 0.05) is 12.6 Å². The van der Waals surface area contributed by atoms with Crippen LogP contribution in [0.4, 0.5) is 0 Å². The van der Waals surface area contributed by atoms with Crippen molar-refractivity contribution in [2.24, 2.45) is 5.92 Å². The van der Waals surface area contributed by atoms with E-state index < -0.39 is 0 Å². The van der Waals surface area contributed by atoms with Crippen LogP contribution < -0.4 is 0 Å². The Bertz CT molecular complexity index is 459. The van der Waals surface area contributed by atoms with Crippen molar-refractivity contribution in [2.45, 2.75) is 25.3 Å². The van der Waals surface area contributed by atoms with Gasteiger partial charge < -0.3 is 0 Å². The zero-order valence-corrected chi connectivity index (χ0v) is 11.6. The highest BCUT2D eigenvalue weighted by molar-refractivity contribution is 7.20. The fourth-order valence-electron chi connectivity index (χ4n) is 3.02. The van der Waals surface area contributed by atoms with Gasteiger partial charge in [-0.3, -0.25) is 9.69 Å². The number of carbonyl (C=O) groups is 1. The summed E-state index contributed by atoms with van der Waals surface area (Å²) in [6.45, 7) is 1.57. The molecule has 2 aliphatic rings. The molecule has 0 radical (unpaired) electrons. The van der Waals surface area contributed by atoms with E-state index in [1.807, 2.05) is 0 Å². The third-order valence-corrected chi connectivity index (χ3v) is 5.31. The zero-order chi connectivity index (χ0) is 12.0. The Morgan fingerprint density at radius 1 is 1.47 bits per heavy atom. The van der Waals surface area contributed by atoms with Gasteiger partial charge >= 0.3 is 0 Å². The molecule has 1 saturated carbocycles. The summed E-state index contributed by atoms with van der Waals surface area (Å²) < 4.78 is 1.10. The molecule has 17 heavy (non-hydrogen) atoms. The highest BCUT2D eigenvalue weighted by Gasteiger charge is 2.38. The fourth-order valence-corrected chi connectivity index (χ4v) is 4.52. The minimum absolute atomic E-state index is 0.103. The minimum atomic E-state index is 0.103. The average molecular weight is 290 g/mol. The number of carbonyl (C=O) groups excluding carboxylic acids is 1. The van der Waals surface area contributed by atoms with Crippen molar-refractivity contribution in [3.05, 3.63) is 20.3 Å². The number of halogens is 2. The molecule has 1 aromatic heterocycles. The monoisotopic (exact) mass is 289 g/mol. The summed E-state index contributed by atoms with van der Waals surface area (Å²) in [6, 6.07) is 2.31. The van der Waals surface area contributed by atoms with Crippen molar-refractivity contribution < 1.29 is 4.79 Å². The van der Waals surface area contributed by atoms with Crippen LogP contribution in [0.5, 0.6) is 0 Å². The molecule has 2 unspecified atom stereocenters. The quantitative estimate of drug-likeness (QED) is 0.791. The Balaban J connectivity index is 1.69. The van der Waals surface area contributed by atoms with Gasteiger partial charge in [0.2, 0.25) is 0 Å². The predicted molar refractivity (Wildman–Crippen MR) is 71.4 cm³/mol. The lowest BCUT2D eigenvalue weighted by molar-refractivity contribution is 0.0905. The Kier molecular flexibility index (Phi) is 3.20. The largest absolute Gasteiger partial charge is 0.293 e.